The Kier molecular flexibility index (Phi) is 7.79. The molecule has 1 rings (SSSR count). The van der Waals surface area contributed by atoms with Crippen LogP contribution in [0.25, 0.3) is 0 Å². The summed E-state index contributed by atoms with van der Waals surface area (Å²) < 4.78 is 5.64. The number of carboxylic acids is 1. The summed E-state index contributed by atoms with van der Waals surface area (Å²) in [6.07, 6.45) is 5.90. The third kappa shape index (κ3) is 6.00. The lowest BCUT2D eigenvalue weighted by Gasteiger charge is -2.27. The summed E-state index contributed by atoms with van der Waals surface area (Å²) in [7, 11) is 0. The molecule has 0 aliphatic heterocycles. The number of carbonyl (C=O) groups is 1. The zero-order chi connectivity index (χ0) is 10.4. The molecule has 0 atom stereocenters. The van der Waals surface area contributed by atoms with Crippen LogP contribution >= 0.6 is 12.4 Å². The van der Waals surface area contributed by atoms with Gasteiger partial charge in [-0.3, -0.25) is 4.79 Å². The number of hydrogen-bond acceptors (Lipinski definition) is 2. The maximum absolute atomic E-state index is 10.5. The van der Waals surface area contributed by atoms with Gasteiger partial charge in [-0.2, -0.15) is 0 Å². The number of halogens is 1. The summed E-state index contributed by atoms with van der Waals surface area (Å²) >= 11 is 0. The Morgan fingerprint density at radius 2 is 1.93 bits per heavy atom. The van der Waals surface area contributed by atoms with Crippen LogP contribution in [0.2, 0.25) is 0 Å². The van der Waals surface area contributed by atoms with Crippen molar-refractivity contribution in [1.29, 1.82) is 0 Å². The van der Waals surface area contributed by atoms with Crippen LogP contribution in [0, 0.1) is 5.92 Å². The minimum atomic E-state index is -0.664. The van der Waals surface area contributed by atoms with E-state index in [1.807, 2.05) is 0 Å². The van der Waals surface area contributed by atoms with Gasteiger partial charge in [0.15, 0.2) is 0 Å². The monoisotopic (exact) mass is 236 g/mol. The number of aliphatic carboxylic acids is 1. The summed E-state index contributed by atoms with van der Waals surface area (Å²) in [6, 6.07) is 0. The van der Waals surface area contributed by atoms with E-state index in [1.165, 1.54) is 0 Å². The lowest BCUT2D eigenvalue weighted by atomic mass is 9.85. The lowest BCUT2D eigenvalue weighted by molar-refractivity contribution is -0.138. The normalized spacial score (nSPS) is 25.7. The topological polar surface area (TPSA) is 46.5 Å². The summed E-state index contributed by atoms with van der Waals surface area (Å²) in [5, 5.41) is 8.64. The van der Waals surface area contributed by atoms with E-state index in [1.54, 1.807) is 0 Å². The minimum Gasteiger partial charge on any atom is -0.481 e. The molecule has 1 N–H and O–H groups in total. The Bertz CT molecular complexity index is 177. The summed E-state index contributed by atoms with van der Waals surface area (Å²) in [4.78, 5) is 10.5. The summed E-state index contributed by atoms with van der Waals surface area (Å²) in [6.45, 7) is 2.95. The maximum Gasteiger partial charge on any atom is 0.303 e. The molecule has 90 valence electrons. The van der Waals surface area contributed by atoms with Crippen molar-refractivity contribution < 1.29 is 14.6 Å². The Balaban J connectivity index is 0.00000196. The lowest BCUT2D eigenvalue weighted by Crippen LogP contribution is -2.23. The Labute approximate surface area is 97.6 Å². The smallest absolute Gasteiger partial charge is 0.303 e. The van der Waals surface area contributed by atoms with Crippen LogP contribution < -0.4 is 0 Å². The largest absolute Gasteiger partial charge is 0.481 e. The van der Waals surface area contributed by atoms with E-state index in [4.69, 9.17) is 9.84 Å². The van der Waals surface area contributed by atoms with Gasteiger partial charge in [0.2, 0.25) is 0 Å². The van der Waals surface area contributed by atoms with Crippen LogP contribution in [0.5, 0.6) is 0 Å². The van der Waals surface area contributed by atoms with Gasteiger partial charge in [0.1, 0.15) is 0 Å². The third-order valence-corrected chi connectivity index (χ3v) is 2.81. The number of hydrogen-bond donors (Lipinski definition) is 1. The van der Waals surface area contributed by atoms with E-state index in [-0.39, 0.29) is 12.4 Å². The summed E-state index contributed by atoms with van der Waals surface area (Å²) in [5.74, 6) is -0.281. The quantitative estimate of drug-likeness (QED) is 0.799. The van der Waals surface area contributed by atoms with Gasteiger partial charge in [0.05, 0.1) is 6.10 Å². The molecule has 1 fully saturated rings. The van der Waals surface area contributed by atoms with Crippen molar-refractivity contribution in [3.63, 3.8) is 0 Å². The molecule has 0 heterocycles. The first-order chi connectivity index (χ1) is 6.72. The highest BCUT2D eigenvalue weighted by molar-refractivity contribution is 5.85. The van der Waals surface area contributed by atoms with Crippen LogP contribution in [0.1, 0.15) is 45.4 Å². The average Bonchev–Trinajstić information content (AvgIpc) is 2.16. The van der Waals surface area contributed by atoms with E-state index in [0.717, 1.165) is 38.7 Å². The molecular formula is C11H21ClO3. The van der Waals surface area contributed by atoms with Gasteiger partial charge in [0, 0.05) is 13.0 Å². The molecule has 0 saturated heterocycles. The number of ether oxygens (including phenoxy) is 1. The molecule has 0 aromatic rings. The Morgan fingerprint density at radius 3 is 2.40 bits per heavy atom. The van der Waals surface area contributed by atoms with Crippen LogP contribution in [0.15, 0.2) is 0 Å². The second-order valence-electron chi connectivity index (χ2n) is 4.11. The average molecular weight is 237 g/mol. The molecule has 15 heavy (non-hydrogen) atoms. The van der Waals surface area contributed by atoms with Crippen molar-refractivity contribution in [2.45, 2.75) is 51.6 Å². The first-order valence-corrected chi connectivity index (χ1v) is 5.55. The fraction of sp³-hybridized carbons (Fsp3) is 0.909. The van der Waals surface area contributed by atoms with E-state index in [2.05, 4.69) is 6.92 Å². The van der Waals surface area contributed by atoms with Gasteiger partial charge in [-0.25, -0.2) is 0 Å². The van der Waals surface area contributed by atoms with Gasteiger partial charge < -0.3 is 9.84 Å². The van der Waals surface area contributed by atoms with Crippen molar-refractivity contribution in [1.82, 2.24) is 0 Å². The predicted octanol–water partition coefficient (Wildman–Crippen LogP) is 2.87. The SMILES string of the molecule is CCCOC1CCC(CC(=O)O)CC1.Cl. The fourth-order valence-corrected chi connectivity index (χ4v) is 2.03. The molecule has 1 saturated carbocycles. The second-order valence-corrected chi connectivity index (χ2v) is 4.11. The molecule has 0 spiro atoms. The van der Waals surface area contributed by atoms with Crippen molar-refractivity contribution >= 4 is 18.4 Å². The molecule has 0 unspecified atom stereocenters. The van der Waals surface area contributed by atoms with Crippen molar-refractivity contribution in [3.05, 3.63) is 0 Å². The predicted molar refractivity (Wildman–Crippen MR) is 61.5 cm³/mol. The van der Waals surface area contributed by atoms with Crippen molar-refractivity contribution in [2.24, 2.45) is 5.92 Å². The van der Waals surface area contributed by atoms with Crippen LogP contribution in [-0.4, -0.2) is 23.8 Å². The minimum absolute atomic E-state index is 0. The van der Waals surface area contributed by atoms with Gasteiger partial charge in [-0.1, -0.05) is 6.92 Å². The van der Waals surface area contributed by atoms with Crippen molar-refractivity contribution in [2.75, 3.05) is 6.61 Å². The van der Waals surface area contributed by atoms with Gasteiger partial charge in [0.25, 0.3) is 0 Å². The molecule has 0 radical (unpaired) electrons. The molecule has 0 bridgehead atoms. The van der Waals surface area contributed by atoms with Crippen molar-refractivity contribution in [3.8, 4) is 0 Å². The molecule has 3 nitrogen and oxygen atoms in total. The highest BCUT2D eigenvalue weighted by atomic mass is 35.5. The molecule has 0 amide bonds. The molecule has 1 aliphatic carbocycles. The van der Waals surface area contributed by atoms with Gasteiger partial charge in [-0.05, 0) is 38.0 Å². The summed E-state index contributed by atoms with van der Waals surface area (Å²) in [5.41, 5.74) is 0. The van der Waals surface area contributed by atoms with Gasteiger partial charge >= 0.3 is 5.97 Å². The first-order valence-electron chi connectivity index (χ1n) is 5.55. The van der Waals surface area contributed by atoms with Gasteiger partial charge in [-0.15, -0.1) is 12.4 Å². The first kappa shape index (κ1) is 14.7. The second kappa shape index (κ2) is 7.94. The molecule has 0 aromatic heterocycles. The Hall–Kier alpha value is -0.280. The highest BCUT2D eigenvalue weighted by Crippen LogP contribution is 2.28. The molecule has 4 heteroatoms. The number of rotatable bonds is 5. The Morgan fingerprint density at radius 1 is 1.33 bits per heavy atom. The fourth-order valence-electron chi connectivity index (χ4n) is 2.03. The highest BCUT2D eigenvalue weighted by Gasteiger charge is 2.22. The van der Waals surface area contributed by atoms with Crippen LogP contribution in [-0.2, 0) is 9.53 Å². The molecular weight excluding hydrogens is 216 g/mol. The zero-order valence-corrected chi connectivity index (χ0v) is 10.1. The van der Waals surface area contributed by atoms with E-state index in [0.29, 0.717) is 18.4 Å². The standard InChI is InChI=1S/C11H20O3.ClH/c1-2-7-14-10-5-3-9(4-6-10)8-11(12)13;/h9-10H,2-8H2,1H3,(H,12,13);1H. The third-order valence-electron chi connectivity index (χ3n) is 2.81. The molecule has 0 aromatic carbocycles. The van der Waals surface area contributed by atoms with E-state index >= 15 is 0 Å². The maximum atomic E-state index is 10.5. The van der Waals surface area contributed by atoms with E-state index in [9.17, 15) is 4.79 Å². The zero-order valence-electron chi connectivity index (χ0n) is 9.28. The van der Waals surface area contributed by atoms with Crippen LogP contribution in [0.4, 0.5) is 0 Å². The molecule has 1 aliphatic rings. The van der Waals surface area contributed by atoms with Crippen LogP contribution in [0.3, 0.4) is 0 Å². The number of carboxylic acid groups (broad SMARTS) is 1. The van der Waals surface area contributed by atoms with E-state index < -0.39 is 5.97 Å².